The van der Waals surface area contributed by atoms with E-state index in [2.05, 4.69) is 20.5 Å². The molecule has 10 heteroatoms. The summed E-state index contributed by atoms with van der Waals surface area (Å²) in [5.41, 5.74) is 1.12. The number of benzene rings is 1. The van der Waals surface area contributed by atoms with E-state index in [0.29, 0.717) is 22.3 Å². The van der Waals surface area contributed by atoms with Crippen LogP contribution in [0.1, 0.15) is 54.0 Å². The summed E-state index contributed by atoms with van der Waals surface area (Å²) in [6.45, 7) is 6.82. The van der Waals surface area contributed by atoms with Crippen molar-refractivity contribution in [3.8, 4) is 11.3 Å². The average molecular weight is 456 g/mol. The maximum absolute atomic E-state index is 13.8. The number of hydrogen-bond acceptors (Lipinski definition) is 4. The van der Waals surface area contributed by atoms with Crippen LogP contribution >= 0.6 is 0 Å². The molecule has 0 atom stereocenters. The fourth-order valence-electron chi connectivity index (χ4n) is 3.45. The highest BCUT2D eigenvalue weighted by Gasteiger charge is 2.36. The lowest BCUT2D eigenvalue weighted by molar-refractivity contribution is -0.142. The van der Waals surface area contributed by atoms with Crippen molar-refractivity contribution < 1.29 is 18.0 Å². The standard InChI is InChI=1S/C23H23F3N6O/c1-4-31-10-9-17(30-31)12-27-22(33)18-13-28-32-20(23(24,25)26)11-19(29-21(18)32)16-7-5-15(6-8-16)14(2)3/h5-11,13-14H,4,12H2,1-3H3,(H,27,33). The zero-order valence-corrected chi connectivity index (χ0v) is 18.4. The third kappa shape index (κ3) is 4.59. The molecule has 0 fully saturated rings. The van der Waals surface area contributed by atoms with Crippen LogP contribution in [0.25, 0.3) is 16.9 Å². The molecule has 33 heavy (non-hydrogen) atoms. The molecule has 0 unspecified atom stereocenters. The Hall–Kier alpha value is -3.69. The minimum absolute atomic E-state index is 0.0453. The fraction of sp³-hybridized carbons (Fsp3) is 0.304. The van der Waals surface area contributed by atoms with Gasteiger partial charge in [-0.25, -0.2) is 9.50 Å². The highest BCUT2D eigenvalue weighted by molar-refractivity contribution is 5.99. The first-order chi connectivity index (χ1) is 15.7. The number of hydrogen-bond donors (Lipinski definition) is 1. The molecule has 0 spiro atoms. The number of carbonyl (C=O) groups excluding carboxylic acids is 1. The van der Waals surface area contributed by atoms with Crippen molar-refractivity contribution in [1.82, 2.24) is 29.7 Å². The maximum Gasteiger partial charge on any atom is 0.433 e. The van der Waals surface area contributed by atoms with E-state index in [1.807, 2.05) is 32.9 Å². The van der Waals surface area contributed by atoms with Crippen LogP contribution in [0.3, 0.4) is 0 Å². The van der Waals surface area contributed by atoms with E-state index >= 15 is 0 Å². The first kappa shape index (κ1) is 22.5. The SMILES string of the molecule is CCn1ccc(CNC(=O)c2cnn3c(C(F)(F)F)cc(-c4ccc(C(C)C)cc4)nc23)n1. The highest BCUT2D eigenvalue weighted by Crippen LogP contribution is 2.33. The number of halogens is 3. The van der Waals surface area contributed by atoms with E-state index in [1.54, 1.807) is 29.1 Å². The predicted molar refractivity (Wildman–Crippen MR) is 117 cm³/mol. The van der Waals surface area contributed by atoms with Crippen molar-refractivity contribution in [2.24, 2.45) is 0 Å². The number of rotatable bonds is 6. The molecule has 0 aliphatic rings. The summed E-state index contributed by atoms with van der Waals surface area (Å²) in [6, 6.07) is 9.89. The van der Waals surface area contributed by atoms with Gasteiger partial charge in [0.15, 0.2) is 11.3 Å². The zero-order chi connectivity index (χ0) is 23.8. The number of carbonyl (C=O) groups is 1. The van der Waals surface area contributed by atoms with Gasteiger partial charge in [0.1, 0.15) is 5.56 Å². The summed E-state index contributed by atoms with van der Waals surface area (Å²) in [4.78, 5) is 17.1. The van der Waals surface area contributed by atoms with Gasteiger partial charge in [-0.1, -0.05) is 38.1 Å². The largest absolute Gasteiger partial charge is 0.433 e. The molecule has 0 radical (unpaired) electrons. The van der Waals surface area contributed by atoms with Gasteiger partial charge in [0.2, 0.25) is 0 Å². The second-order valence-corrected chi connectivity index (χ2v) is 7.94. The molecule has 0 saturated heterocycles. The summed E-state index contributed by atoms with van der Waals surface area (Å²) < 4.78 is 43.8. The minimum atomic E-state index is -4.68. The molecule has 7 nitrogen and oxygen atoms in total. The van der Waals surface area contributed by atoms with Crippen LogP contribution < -0.4 is 5.32 Å². The van der Waals surface area contributed by atoms with Crippen LogP contribution in [0.2, 0.25) is 0 Å². The molecule has 1 aromatic carbocycles. The summed E-state index contributed by atoms with van der Waals surface area (Å²) in [5.74, 6) is -0.293. The average Bonchev–Trinajstić information content (AvgIpc) is 3.43. The summed E-state index contributed by atoms with van der Waals surface area (Å²) >= 11 is 0. The van der Waals surface area contributed by atoms with Crippen molar-refractivity contribution in [1.29, 1.82) is 0 Å². The molecule has 172 valence electrons. The van der Waals surface area contributed by atoms with Crippen molar-refractivity contribution in [3.05, 3.63) is 71.3 Å². The van der Waals surface area contributed by atoms with Crippen molar-refractivity contribution in [2.45, 2.75) is 46.0 Å². The van der Waals surface area contributed by atoms with Gasteiger partial charge in [0.25, 0.3) is 5.91 Å². The lowest BCUT2D eigenvalue weighted by Crippen LogP contribution is -2.23. The Bertz CT molecular complexity index is 1290. The lowest BCUT2D eigenvalue weighted by Gasteiger charge is -2.12. The first-order valence-corrected chi connectivity index (χ1v) is 10.5. The van der Waals surface area contributed by atoms with Crippen LogP contribution in [0, 0.1) is 0 Å². The van der Waals surface area contributed by atoms with E-state index in [4.69, 9.17) is 0 Å². The van der Waals surface area contributed by atoms with Gasteiger partial charge in [-0.15, -0.1) is 0 Å². The van der Waals surface area contributed by atoms with Crippen LogP contribution in [-0.2, 0) is 19.3 Å². The third-order valence-electron chi connectivity index (χ3n) is 5.33. The molecular weight excluding hydrogens is 433 g/mol. The summed E-state index contributed by atoms with van der Waals surface area (Å²) in [7, 11) is 0. The first-order valence-electron chi connectivity index (χ1n) is 10.5. The molecule has 0 aliphatic heterocycles. The summed E-state index contributed by atoms with van der Waals surface area (Å²) in [5, 5.41) is 10.8. The van der Waals surface area contributed by atoms with Gasteiger partial charge in [0.05, 0.1) is 24.1 Å². The lowest BCUT2D eigenvalue weighted by atomic mass is 10.0. The van der Waals surface area contributed by atoms with Crippen LogP contribution in [0.4, 0.5) is 13.2 Å². The molecule has 1 amide bonds. The number of nitrogens with one attached hydrogen (secondary N) is 1. The molecule has 0 bridgehead atoms. The number of nitrogens with zero attached hydrogens (tertiary/aromatic N) is 5. The van der Waals surface area contributed by atoms with Crippen molar-refractivity contribution >= 4 is 11.6 Å². The monoisotopic (exact) mass is 456 g/mol. The molecule has 0 saturated carbocycles. The number of alkyl halides is 3. The Balaban J connectivity index is 1.72. The van der Waals surface area contributed by atoms with Crippen LogP contribution in [0.5, 0.6) is 0 Å². The Morgan fingerprint density at radius 1 is 1.15 bits per heavy atom. The Labute approximate surface area is 188 Å². The second-order valence-electron chi connectivity index (χ2n) is 7.94. The van der Waals surface area contributed by atoms with E-state index in [-0.39, 0.29) is 29.4 Å². The molecule has 3 aromatic heterocycles. The van der Waals surface area contributed by atoms with Crippen molar-refractivity contribution in [3.63, 3.8) is 0 Å². The second kappa shape index (κ2) is 8.68. The number of amides is 1. The number of aromatic nitrogens is 5. The summed E-state index contributed by atoms with van der Waals surface area (Å²) in [6.07, 6.45) is -1.80. The van der Waals surface area contributed by atoms with Gasteiger partial charge in [-0.3, -0.25) is 9.48 Å². The van der Waals surface area contributed by atoms with Gasteiger partial charge in [0, 0.05) is 18.3 Å². The molecule has 3 heterocycles. The molecule has 4 aromatic rings. The Morgan fingerprint density at radius 2 is 1.88 bits per heavy atom. The van der Waals surface area contributed by atoms with Gasteiger partial charge < -0.3 is 5.32 Å². The van der Waals surface area contributed by atoms with Gasteiger partial charge in [-0.2, -0.15) is 23.4 Å². The van der Waals surface area contributed by atoms with E-state index in [1.165, 1.54) is 0 Å². The quantitative estimate of drug-likeness (QED) is 0.457. The predicted octanol–water partition coefficient (Wildman–Crippen LogP) is 4.68. The van der Waals surface area contributed by atoms with E-state index in [0.717, 1.165) is 17.8 Å². The molecule has 4 rings (SSSR count). The van der Waals surface area contributed by atoms with E-state index < -0.39 is 17.8 Å². The number of fused-ring (bicyclic) bond motifs is 1. The maximum atomic E-state index is 13.8. The van der Waals surface area contributed by atoms with Gasteiger partial charge in [-0.05, 0) is 30.5 Å². The molecular formula is C23H23F3N6O. The fourth-order valence-corrected chi connectivity index (χ4v) is 3.45. The van der Waals surface area contributed by atoms with Crippen molar-refractivity contribution in [2.75, 3.05) is 0 Å². The molecule has 1 N–H and O–H groups in total. The topological polar surface area (TPSA) is 77.1 Å². The minimum Gasteiger partial charge on any atom is -0.346 e. The van der Waals surface area contributed by atoms with Crippen LogP contribution in [-0.4, -0.2) is 30.3 Å². The number of aryl methyl sites for hydroxylation is 1. The molecule has 0 aliphatic carbocycles. The van der Waals surface area contributed by atoms with E-state index in [9.17, 15) is 18.0 Å². The third-order valence-corrected chi connectivity index (χ3v) is 5.33. The van der Waals surface area contributed by atoms with Gasteiger partial charge >= 0.3 is 6.18 Å². The zero-order valence-electron chi connectivity index (χ0n) is 18.4. The normalized spacial score (nSPS) is 12.0. The van der Waals surface area contributed by atoms with Crippen LogP contribution in [0.15, 0.2) is 48.8 Å². The Kier molecular flexibility index (Phi) is 5.92. The highest BCUT2D eigenvalue weighted by atomic mass is 19.4. The smallest absolute Gasteiger partial charge is 0.346 e. The Morgan fingerprint density at radius 3 is 2.48 bits per heavy atom.